The number of carbonyl (C=O) groups is 1. The van der Waals surface area contributed by atoms with E-state index in [4.69, 9.17) is 0 Å². The lowest BCUT2D eigenvalue weighted by atomic mass is 10.0. The fourth-order valence-corrected chi connectivity index (χ4v) is 10.0. The van der Waals surface area contributed by atoms with Gasteiger partial charge in [-0.25, -0.2) is 0 Å². The van der Waals surface area contributed by atoms with E-state index in [9.17, 15) is 20.1 Å². The number of rotatable bonds is 59. The van der Waals surface area contributed by atoms with Crippen molar-refractivity contribution < 1.29 is 20.1 Å². The molecule has 3 atom stereocenters. The van der Waals surface area contributed by atoms with E-state index in [1.807, 2.05) is 6.08 Å². The van der Waals surface area contributed by atoms with Gasteiger partial charge in [0.15, 0.2) is 0 Å². The average Bonchev–Trinajstić information content (AvgIpc) is 3.36. The summed E-state index contributed by atoms with van der Waals surface area (Å²) >= 11 is 0. The standard InChI is InChI=1S/C65H125NO4/c1-3-5-7-9-11-13-15-17-19-21-23-25-26-27-28-29-30-31-32-33-34-35-36-37-38-39-40-42-44-46-48-50-52-54-56-58-60-64(69)65(70)66-62(61-67)63(68)59-57-55-53-51-49-47-45-43-41-24-22-20-18-16-14-12-10-8-6-4-2/h41,43,49,51,57,59,62-64,67-69H,3-40,42,44-48,50,52-56,58,60-61H2,1-2H3,(H,66,70)/b43-41+,51-49+,59-57+. The second kappa shape index (κ2) is 60.1. The van der Waals surface area contributed by atoms with Crippen molar-refractivity contribution in [2.75, 3.05) is 6.61 Å². The van der Waals surface area contributed by atoms with Crippen molar-refractivity contribution in [3.05, 3.63) is 36.5 Å². The van der Waals surface area contributed by atoms with Crippen LogP contribution in [0.3, 0.4) is 0 Å². The topological polar surface area (TPSA) is 89.8 Å². The SMILES string of the molecule is CCCCCCCCCCCC/C=C/CC/C=C/CC/C=C/C(O)C(CO)NC(=O)C(O)CCCCCCCCCCCCCCCCCCCCCCCCCCCCCCCCCCCCCC. The molecule has 0 aromatic rings. The molecule has 5 nitrogen and oxygen atoms in total. The third kappa shape index (κ3) is 54.3. The minimum Gasteiger partial charge on any atom is -0.394 e. The molecule has 1 amide bonds. The highest BCUT2D eigenvalue weighted by Gasteiger charge is 2.22. The number of amides is 1. The van der Waals surface area contributed by atoms with Crippen molar-refractivity contribution in [2.45, 2.75) is 366 Å². The molecule has 414 valence electrons. The van der Waals surface area contributed by atoms with Crippen LogP contribution in [0.1, 0.15) is 348 Å². The molecule has 0 heterocycles. The highest BCUT2D eigenvalue weighted by molar-refractivity contribution is 5.80. The molecule has 0 radical (unpaired) electrons. The molecule has 0 saturated carbocycles. The quantitative estimate of drug-likeness (QED) is 0.0361. The van der Waals surface area contributed by atoms with E-state index < -0.39 is 24.2 Å². The largest absolute Gasteiger partial charge is 0.394 e. The van der Waals surface area contributed by atoms with Crippen molar-refractivity contribution in [1.82, 2.24) is 5.32 Å². The summed E-state index contributed by atoms with van der Waals surface area (Å²) in [6, 6.07) is -0.820. The van der Waals surface area contributed by atoms with Gasteiger partial charge in [0.2, 0.25) is 5.91 Å². The second-order valence-electron chi connectivity index (χ2n) is 22.0. The summed E-state index contributed by atoms with van der Waals surface area (Å²) in [5.41, 5.74) is 0. The van der Waals surface area contributed by atoms with Crippen LogP contribution in [-0.2, 0) is 4.79 Å². The first-order chi connectivity index (χ1) is 34.6. The van der Waals surface area contributed by atoms with Crippen LogP contribution in [-0.4, -0.2) is 46.1 Å². The smallest absolute Gasteiger partial charge is 0.249 e. The molecule has 0 saturated heterocycles. The van der Waals surface area contributed by atoms with Gasteiger partial charge in [0.25, 0.3) is 0 Å². The monoisotopic (exact) mass is 984 g/mol. The number of hydrogen-bond donors (Lipinski definition) is 4. The molecule has 0 spiro atoms. The van der Waals surface area contributed by atoms with Gasteiger partial charge < -0.3 is 20.6 Å². The zero-order valence-electron chi connectivity index (χ0n) is 47.4. The first-order valence-corrected chi connectivity index (χ1v) is 31.8. The molecule has 0 fully saturated rings. The minimum atomic E-state index is -1.11. The van der Waals surface area contributed by atoms with Crippen molar-refractivity contribution >= 4 is 5.91 Å². The van der Waals surface area contributed by atoms with Crippen molar-refractivity contribution in [3.8, 4) is 0 Å². The van der Waals surface area contributed by atoms with Gasteiger partial charge in [-0.05, 0) is 44.9 Å². The Labute approximate surface area is 438 Å². The first-order valence-electron chi connectivity index (χ1n) is 31.8. The number of carbonyl (C=O) groups excluding carboxylic acids is 1. The number of unbranched alkanes of at least 4 members (excludes halogenated alkanes) is 47. The summed E-state index contributed by atoms with van der Waals surface area (Å²) in [7, 11) is 0. The molecule has 70 heavy (non-hydrogen) atoms. The molecule has 0 aliphatic carbocycles. The summed E-state index contributed by atoms with van der Waals surface area (Å²) in [5, 5.41) is 33.4. The maximum absolute atomic E-state index is 12.6. The van der Waals surface area contributed by atoms with Gasteiger partial charge in [-0.15, -0.1) is 0 Å². The van der Waals surface area contributed by atoms with Gasteiger partial charge in [-0.2, -0.15) is 0 Å². The highest BCUT2D eigenvalue weighted by atomic mass is 16.3. The summed E-state index contributed by atoms with van der Waals surface area (Å²) in [6.07, 6.45) is 79.8. The van der Waals surface area contributed by atoms with Crippen LogP contribution in [0.2, 0.25) is 0 Å². The lowest BCUT2D eigenvalue weighted by Gasteiger charge is -2.21. The van der Waals surface area contributed by atoms with Crippen molar-refractivity contribution in [1.29, 1.82) is 0 Å². The van der Waals surface area contributed by atoms with Crippen LogP contribution in [0.5, 0.6) is 0 Å². The Morgan fingerprint density at radius 1 is 0.343 bits per heavy atom. The van der Waals surface area contributed by atoms with Crippen LogP contribution in [0, 0.1) is 0 Å². The zero-order valence-corrected chi connectivity index (χ0v) is 47.4. The lowest BCUT2D eigenvalue weighted by molar-refractivity contribution is -0.131. The summed E-state index contributed by atoms with van der Waals surface area (Å²) in [4.78, 5) is 12.6. The van der Waals surface area contributed by atoms with Gasteiger partial charge in [0.05, 0.1) is 18.8 Å². The van der Waals surface area contributed by atoms with E-state index in [-0.39, 0.29) is 6.61 Å². The fraction of sp³-hybridized carbons (Fsp3) is 0.892. The molecule has 0 rings (SSSR count). The highest BCUT2D eigenvalue weighted by Crippen LogP contribution is 2.18. The summed E-state index contributed by atoms with van der Waals surface area (Å²) < 4.78 is 0. The third-order valence-electron chi connectivity index (χ3n) is 15.0. The Morgan fingerprint density at radius 3 is 0.871 bits per heavy atom. The molecule has 4 N–H and O–H groups in total. The molecule has 0 aromatic heterocycles. The molecule has 3 unspecified atom stereocenters. The number of nitrogens with one attached hydrogen (secondary N) is 1. The average molecular weight is 985 g/mol. The van der Waals surface area contributed by atoms with Gasteiger partial charge in [-0.3, -0.25) is 4.79 Å². The van der Waals surface area contributed by atoms with E-state index in [1.165, 1.54) is 283 Å². The molecular formula is C65H125NO4. The van der Waals surface area contributed by atoms with E-state index in [2.05, 4.69) is 43.5 Å². The van der Waals surface area contributed by atoms with Crippen LogP contribution >= 0.6 is 0 Å². The molecule has 0 aromatic carbocycles. The number of aliphatic hydroxyl groups excluding tert-OH is 3. The Morgan fingerprint density at radius 2 is 0.586 bits per heavy atom. The Balaban J connectivity index is 3.50. The normalized spacial score (nSPS) is 13.4. The predicted octanol–water partition coefficient (Wildman–Crippen LogP) is 20.2. The van der Waals surface area contributed by atoms with Crippen LogP contribution < -0.4 is 5.32 Å². The van der Waals surface area contributed by atoms with E-state index >= 15 is 0 Å². The van der Waals surface area contributed by atoms with E-state index in [0.29, 0.717) is 6.42 Å². The van der Waals surface area contributed by atoms with E-state index in [0.717, 1.165) is 44.9 Å². The number of aliphatic hydroxyl groups is 3. The Kier molecular flexibility index (Phi) is 58.9. The minimum absolute atomic E-state index is 0.379. The Hall–Kier alpha value is -1.43. The van der Waals surface area contributed by atoms with Crippen LogP contribution in [0.4, 0.5) is 0 Å². The number of allylic oxidation sites excluding steroid dienone is 5. The molecule has 0 aliphatic heterocycles. The fourth-order valence-electron chi connectivity index (χ4n) is 10.0. The molecule has 5 heteroatoms. The maximum atomic E-state index is 12.6. The van der Waals surface area contributed by atoms with Gasteiger partial charge in [0.1, 0.15) is 6.10 Å². The summed E-state index contributed by atoms with van der Waals surface area (Å²) in [6.45, 7) is 4.20. The zero-order chi connectivity index (χ0) is 50.7. The molecule has 0 bridgehead atoms. The van der Waals surface area contributed by atoms with Crippen molar-refractivity contribution in [2.24, 2.45) is 0 Å². The van der Waals surface area contributed by atoms with Crippen LogP contribution in [0.25, 0.3) is 0 Å². The maximum Gasteiger partial charge on any atom is 0.249 e. The van der Waals surface area contributed by atoms with Gasteiger partial charge in [-0.1, -0.05) is 339 Å². The van der Waals surface area contributed by atoms with Crippen molar-refractivity contribution in [3.63, 3.8) is 0 Å². The number of hydrogen-bond acceptors (Lipinski definition) is 4. The third-order valence-corrected chi connectivity index (χ3v) is 15.0. The second-order valence-corrected chi connectivity index (χ2v) is 22.0. The Bertz CT molecular complexity index is 1090. The van der Waals surface area contributed by atoms with Gasteiger partial charge in [0, 0.05) is 0 Å². The molecule has 0 aliphatic rings. The summed E-state index contributed by atoms with van der Waals surface area (Å²) in [5.74, 6) is -0.511. The lowest BCUT2D eigenvalue weighted by Crippen LogP contribution is -2.48. The van der Waals surface area contributed by atoms with Crippen LogP contribution in [0.15, 0.2) is 36.5 Å². The van der Waals surface area contributed by atoms with Gasteiger partial charge >= 0.3 is 0 Å². The molecular weight excluding hydrogens is 859 g/mol. The van der Waals surface area contributed by atoms with E-state index in [1.54, 1.807) is 6.08 Å². The predicted molar refractivity (Wildman–Crippen MR) is 310 cm³/mol. The first kappa shape index (κ1) is 68.6.